The van der Waals surface area contributed by atoms with E-state index in [-0.39, 0.29) is 12.4 Å². The van der Waals surface area contributed by atoms with Gasteiger partial charge in [0.2, 0.25) is 0 Å². The topological polar surface area (TPSA) is 231 Å². The van der Waals surface area contributed by atoms with Crippen LogP contribution in [-0.4, -0.2) is 58.6 Å². The zero-order chi connectivity index (χ0) is 21.4. The molecule has 0 aromatic carbocycles. The molecule has 3 rings (SSSR count). The van der Waals surface area contributed by atoms with Gasteiger partial charge in [-0.05, 0) is 11.8 Å². The first kappa shape index (κ1) is 22.8. The van der Waals surface area contributed by atoms with Crippen LogP contribution >= 0.6 is 22.4 Å². The van der Waals surface area contributed by atoms with E-state index in [2.05, 4.69) is 35.4 Å². The maximum Gasteiger partial charge on any atom is 0.488 e. The average molecular weight is 493 g/mol. The first-order valence-electron chi connectivity index (χ1n) is 7.34. The van der Waals surface area contributed by atoms with E-state index in [4.69, 9.17) is 29.5 Å². The third-order valence-corrected chi connectivity index (χ3v) is 7.94. The highest BCUT2D eigenvalue weighted by Gasteiger charge is 2.39. The Bertz CT molecular complexity index is 1040. The van der Waals surface area contributed by atoms with Gasteiger partial charge in [0.15, 0.2) is 24.0 Å². The summed E-state index contributed by atoms with van der Waals surface area (Å²) >= 11 is 4.50. The Labute approximate surface area is 166 Å². The molecule has 1 saturated heterocycles. The lowest BCUT2D eigenvalue weighted by Gasteiger charge is -2.20. The monoisotopic (exact) mass is 493 g/mol. The fourth-order valence-electron chi connectivity index (χ4n) is 2.22. The second kappa shape index (κ2) is 8.32. The highest BCUT2D eigenvalue weighted by molar-refractivity contribution is 8.08. The van der Waals surface area contributed by atoms with E-state index in [0.717, 1.165) is 0 Å². The van der Waals surface area contributed by atoms with Gasteiger partial charge in [-0.15, -0.1) is 0 Å². The van der Waals surface area contributed by atoms with Gasteiger partial charge in [-0.25, -0.2) is 28.4 Å². The minimum absolute atomic E-state index is 0.0262. The zero-order valence-corrected chi connectivity index (χ0v) is 17.5. The van der Waals surface area contributed by atoms with Crippen LogP contribution in [-0.2, 0) is 43.6 Å². The summed E-state index contributed by atoms with van der Waals surface area (Å²) in [5.74, 6) is 0.177. The quantitative estimate of drug-likeness (QED) is 0.298. The van der Waals surface area contributed by atoms with Crippen LogP contribution in [0.1, 0.15) is 6.23 Å². The molecule has 0 spiro atoms. The Kier molecular flexibility index (Phi) is 6.54. The standard InChI is InChI=1S/C9H14N5O11P3S/c10-8-7-9(12-3-11-8)14(4-13-7)5-1-21-6(23-5)2-22-28(20,29)25-27(18,19)24-26(15,16)17/h3-6H,1-2H2,(H,18,19)(H,20,29)(H2,10,11,12)(H2,15,16,17)/t5-,6-,28?/m1/s1. The number of hydrogen-bond acceptors (Lipinski definition) is 12. The van der Waals surface area contributed by atoms with Gasteiger partial charge in [0.25, 0.3) is 0 Å². The summed E-state index contributed by atoms with van der Waals surface area (Å²) in [6.45, 7) is -4.95. The van der Waals surface area contributed by atoms with E-state index in [1.165, 1.54) is 17.2 Å². The summed E-state index contributed by atoms with van der Waals surface area (Å²) < 4.78 is 46.9. The fourth-order valence-corrected chi connectivity index (χ4v) is 6.16. The molecule has 20 heteroatoms. The molecule has 2 aromatic rings. The predicted molar refractivity (Wildman–Crippen MR) is 96.1 cm³/mol. The summed E-state index contributed by atoms with van der Waals surface area (Å²) in [5.41, 5.74) is 6.46. The van der Waals surface area contributed by atoms with Crippen molar-refractivity contribution in [2.24, 2.45) is 0 Å². The van der Waals surface area contributed by atoms with E-state index >= 15 is 0 Å². The van der Waals surface area contributed by atoms with Gasteiger partial charge in [-0.2, -0.15) is 4.31 Å². The van der Waals surface area contributed by atoms with Crippen molar-refractivity contribution in [2.45, 2.75) is 12.5 Å². The van der Waals surface area contributed by atoms with E-state index in [0.29, 0.717) is 11.2 Å². The number of rotatable bonds is 8. The summed E-state index contributed by atoms with van der Waals surface area (Å²) in [5, 5.41) is 0. The highest BCUT2D eigenvalue weighted by Crippen LogP contribution is 2.66. The van der Waals surface area contributed by atoms with Gasteiger partial charge in [0.05, 0.1) is 12.9 Å². The Balaban J connectivity index is 1.58. The molecule has 0 saturated carbocycles. The molecule has 1 aliphatic rings. The molecule has 0 bridgehead atoms. The Morgan fingerprint density at radius 3 is 2.66 bits per heavy atom. The van der Waals surface area contributed by atoms with Gasteiger partial charge < -0.3 is 39.3 Å². The number of anilines is 1. The third kappa shape index (κ3) is 6.06. The first-order chi connectivity index (χ1) is 13.4. The van der Waals surface area contributed by atoms with Crippen LogP contribution in [0.25, 0.3) is 11.2 Å². The second-order valence-corrected chi connectivity index (χ2v) is 11.1. The average Bonchev–Trinajstić information content (AvgIpc) is 3.16. The predicted octanol–water partition coefficient (Wildman–Crippen LogP) is -0.260. The molecule has 2 unspecified atom stereocenters. The smallest absolute Gasteiger partial charge is 0.382 e. The normalized spacial score (nSPS) is 24.4. The molecule has 29 heavy (non-hydrogen) atoms. The SMILES string of the molecule is Nc1ncnc2c1ncn2[C@H]1CO[C@@H](COP(O)(=S)OP(=O)(O)OP(=O)(O)O)O1. The summed E-state index contributed by atoms with van der Waals surface area (Å²) in [7, 11) is -10.8. The lowest BCUT2D eigenvalue weighted by Crippen LogP contribution is -2.17. The van der Waals surface area contributed by atoms with Crippen LogP contribution in [0.15, 0.2) is 12.7 Å². The van der Waals surface area contributed by atoms with Crippen molar-refractivity contribution >= 4 is 51.2 Å². The molecule has 1 fully saturated rings. The van der Waals surface area contributed by atoms with Crippen LogP contribution in [0.4, 0.5) is 5.82 Å². The molecule has 1 aliphatic heterocycles. The van der Waals surface area contributed by atoms with Crippen molar-refractivity contribution in [2.75, 3.05) is 18.9 Å². The van der Waals surface area contributed by atoms with Crippen LogP contribution in [0.2, 0.25) is 0 Å². The van der Waals surface area contributed by atoms with E-state index in [1.807, 2.05) is 0 Å². The molecule has 16 nitrogen and oxygen atoms in total. The summed E-state index contributed by atoms with van der Waals surface area (Å²) in [6, 6.07) is 0. The van der Waals surface area contributed by atoms with Gasteiger partial charge in [0.1, 0.15) is 18.5 Å². The van der Waals surface area contributed by atoms with Crippen LogP contribution < -0.4 is 5.73 Å². The number of nitrogens with zero attached hydrogens (tertiary/aromatic N) is 4. The number of hydrogen-bond donors (Lipinski definition) is 5. The maximum absolute atomic E-state index is 11.4. The Hall–Kier alpha value is -0.900. The lowest BCUT2D eigenvalue weighted by molar-refractivity contribution is -0.0941. The maximum atomic E-state index is 11.4. The van der Waals surface area contributed by atoms with Crippen molar-refractivity contribution in [1.29, 1.82) is 0 Å². The molecular formula is C9H14N5O11P3S. The largest absolute Gasteiger partial charge is 0.488 e. The van der Waals surface area contributed by atoms with Gasteiger partial charge >= 0.3 is 22.4 Å². The third-order valence-electron chi connectivity index (χ3n) is 3.22. The van der Waals surface area contributed by atoms with Gasteiger partial charge in [-0.3, -0.25) is 4.57 Å². The van der Waals surface area contributed by atoms with E-state index in [1.54, 1.807) is 0 Å². The van der Waals surface area contributed by atoms with E-state index in [9.17, 15) is 18.9 Å². The van der Waals surface area contributed by atoms with E-state index < -0.39 is 41.5 Å². The summed E-state index contributed by atoms with van der Waals surface area (Å²) in [4.78, 5) is 48.0. The number of ether oxygens (including phenoxy) is 2. The van der Waals surface area contributed by atoms with Crippen molar-refractivity contribution in [3.63, 3.8) is 0 Å². The lowest BCUT2D eigenvalue weighted by atomic mass is 10.5. The number of aromatic nitrogens is 4. The molecule has 0 amide bonds. The first-order valence-corrected chi connectivity index (χ1v) is 13.0. The summed E-state index contributed by atoms with van der Waals surface area (Å²) in [6.07, 6.45) is 0.893. The van der Waals surface area contributed by atoms with Crippen molar-refractivity contribution < 1.29 is 51.3 Å². The molecular weight excluding hydrogens is 479 g/mol. The molecule has 2 aromatic heterocycles. The molecule has 0 radical (unpaired) electrons. The minimum Gasteiger partial charge on any atom is -0.382 e. The second-order valence-electron chi connectivity index (χ2n) is 5.32. The van der Waals surface area contributed by atoms with Crippen molar-refractivity contribution in [3.8, 4) is 0 Å². The fraction of sp³-hybridized carbons (Fsp3) is 0.444. The molecule has 3 heterocycles. The highest BCUT2D eigenvalue weighted by atomic mass is 32.5. The molecule has 4 atom stereocenters. The van der Waals surface area contributed by atoms with Crippen LogP contribution in [0.3, 0.4) is 0 Å². The number of phosphoric acid groups is 2. The molecule has 0 aliphatic carbocycles. The molecule has 162 valence electrons. The number of nitrogen functional groups attached to an aromatic ring is 1. The Morgan fingerprint density at radius 2 is 1.97 bits per heavy atom. The van der Waals surface area contributed by atoms with Crippen LogP contribution in [0, 0.1) is 0 Å². The van der Waals surface area contributed by atoms with Gasteiger partial charge in [-0.1, -0.05) is 0 Å². The minimum atomic E-state index is -5.39. The van der Waals surface area contributed by atoms with Gasteiger partial charge in [0, 0.05) is 0 Å². The van der Waals surface area contributed by atoms with Crippen molar-refractivity contribution in [3.05, 3.63) is 12.7 Å². The number of nitrogens with two attached hydrogens (primary N) is 1. The van der Waals surface area contributed by atoms with Crippen LogP contribution in [0.5, 0.6) is 0 Å². The zero-order valence-electron chi connectivity index (χ0n) is 14.0. The number of imidazole rings is 1. The van der Waals surface area contributed by atoms with Crippen molar-refractivity contribution in [1.82, 2.24) is 19.5 Å². The molecule has 6 N–H and O–H groups in total. The Morgan fingerprint density at radius 1 is 1.24 bits per heavy atom. The number of fused-ring (bicyclic) bond motifs is 1.